The summed E-state index contributed by atoms with van der Waals surface area (Å²) in [6, 6.07) is 12.6. The fraction of sp³-hybridized carbons (Fsp3) is 0.150. The van der Waals surface area contributed by atoms with Gasteiger partial charge in [-0.2, -0.15) is 0 Å². The van der Waals surface area contributed by atoms with Crippen molar-refractivity contribution in [1.29, 1.82) is 0 Å². The van der Waals surface area contributed by atoms with Gasteiger partial charge in [-0.05, 0) is 73.1 Å². The van der Waals surface area contributed by atoms with E-state index in [0.29, 0.717) is 16.4 Å². The Morgan fingerprint density at radius 2 is 1.81 bits per heavy atom. The van der Waals surface area contributed by atoms with Gasteiger partial charge in [0.05, 0.1) is 18.4 Å². The monoisotopic (exact) mass is 366 g/mol. The maximum absolute atomic E-state index is 12.8. The number of hydrogen-bond donors (Lipinski definition) is 1. The van der Waals surface area contributed by atoms with Gasteiger partial charge >= 0.3 is 5.97 Å². The summed E-state index contributed by atoms with van der Waals surface area (Å²) in [5.41, 5.74) is 4.60. The summed E-state index contributed by atoms with van der Waals surface area (Å²) in [6.45, 7) is 4.01. The van der Waals surface area contributed by atoms with Crippen LogP contribution >= 0.6 is 12.2 Å². The van der Waals surface area contributed by atoms with E-state index in [1.165, 1.54) is 12.0 Å². The second-order valence-corrected chi connectivity index (χ2v) is 6.40. The molecule has 26 heavy (non-hydrogen) atoms. The van der Waals surface area contributed by atoms with Crippen molar-refractivity contribution in [2.45, 2.75) is 13.8 Å². The predicted molar refractivity (Wildman–Crippen MR) is 105 cm³/mol. The Kier molecular flexibility index (Phi) is 4.86. The lowest BCUT2D eigenvalue weighted by atomic mass is 10.1. The number of nitrogens with zero attached hydrogens (tertiary/aromatic N) is 1. The second kappa shape index (κ2) is 7.09. The van der Waals surface area contributed by atoms with Crippen LogP contribution in [0.25, 0.3) is 6.08 Å². The minimum absolute atomic E-state index is 0.213. The number of thiocarbonyl (C=S) groups is 1. The van der Waals surface area contributed by atoms with Gasteiger partial charge < -0.3 is 10.1 Å². The summed E-state index contributed by atoms with van der Waals surface area (Å²) < 4.78 is 4.68. The van der Waals surface area contributed by atoms with Crippen LogP contribution in [0, 0.1) is 13.8 Å². The van der Waals surface area contributed by atoms with Crippen LogP contribution < -0.4 is 10.2 Å². The zero-order valence-corrected chi connectivity index (χ0v) is 15.5. The molecule has 1 aliphatic rings. The number of aryl methyl sites for hydroxylation is 2. The Balaban J connectivity index is 1.87. The minimum Gasteiger partial charge on any atom is -0.465 e. The van der Waals surface area contributed by atoms with Gasteiger partial charge in [0.2, 0.25) is 0 Å². The quantitative estimate of drug-likeness (QED) is 0.513. The number of methoxy groups -OCH3 is 1. The largest absolute Gasteiger partial charge is 0.465 e. The molecule has 0 aromatic heterocycles. The van der Waals surface area contributed by atoms with Crippen LogP contribution in [-0.4, -0.2) is 24.1 Å². The Morgan fingerprint density at radius 1 is 1.12 bits per heavy atom. The first-order chi connectivity index (χ1) is 12.4. The molecule has 2 aromatic carbocycles. The van der Waals surface area contributed by atoms with Crippen LogP contribution in [0.4, 0.5) is 5.69 Å². The lowest BCUT2D eigenvalue weighted by molar-refractivity contribution is -0.113. The Hall–Kier alpha value is -2.99. The third-order valence-electron chi connectivity index (χ3n) is 4.27. The van der Waals surface area contributed by atoms with E-state index in [-0.39, 0.29) is 5.91 Å². The highest BCUT2D eigenvalue weighted by atomic mass is 32.1. The molecule has 0 atom stereocenters. The average Bonchev–Trinajstić information content (AvgIpc) is 2.91. The van der Waals surface area contributed by atoms with Crippen molar-refractivity contribution in [2.24, 2.45) is 0 Å². The number of rotatable bonds is 3. The second-order valence-electron chi connectivity index (χ2n) is 6.01. The maximum atomic E-state index is 12.8. The van der Waals surface area contributed by atoms with Crippen molar-refractivity contribution in [1.82, 2.24) is 5.32 Å². The van der Waals surface area contributed by atoms with Gasteiger partial charge in [0.15, 0.2) is 5.11 Å². The van der Waals surface area contributed by atoms with Crippen molar-refractivity contribution in [3.63, 3.8) is 0 Å². The van der Waals surface area contributed by atoms with Gasteiger partial charge in [0.25, 0.3) is 5.91 Å². The van der Waals surface area contributed by atoms with E-state index < -0.39 is 5.97 Å². The van der Waals surface area contributed by atoms with Gasteiger partial charge in [0.1, 0.15) is 5.70 Å². The van der Waals surface area contributed by atoms with Crippen LogP contribution in [0.1, 0.15) is 27.0 Å². The molecule has 1 amide bonds. The van der Waals surface area contributed by atoms with Crippen molar-refractivity contribution in [3.05, 3.63) is 70.4 Å². The first kappa shape index (κ1) is 17.8. The number of ether oxygens (including phenoxy) is 1. The smallest absolute Gasteiger partial charge is 0.337 e. The molecule has 132 valence electrons. The molecule has 0 aliphatic carbocycles. The van der Waals surface area contributed by atoms with E-state index >= 15 is 0 Å². The van der Waals surface area contributed by atoms with Crippen molar-refractivity contribution < 1.29 is 14.3 Å². The van der Waals surface area contributed by atoms with E-state index in [0.717, 1.165) is 22.4 Å². The van der Waals surface area contributed by atoms with Crippen LogP contribution in [0.15, 0.2) is 48.2 Å². The molecule has 1 heterocycles. The number of carbonyl (C=O) groups is 2. The van der Waals surface area contributed by atoms with Gasteiger partial charge in [-0.3, -0.25) is 9.69 Å². The highest BCUT2D eigenvalue weighted by Gasteiger charge is 2.32. The first-order valence-electron chi connectivity index (χ1n) is 8.03. The topological polar surface area (TPSA) is 58.6 Å². The predicted octanol–water partition coefficient (Wildman–Crippen LogP) is 3.35. The van der Waals surface area contributed by atoms with Crippen LogP contribution in [0.3, 0.4) is 0 Å². The van der Waals surface area contributed by atoms with Gasteiger partial charge in [0, 0.05) is 0 Å². The molecule has 1 fully saturated rings. The normalized spacial score (nSPS) is 15.3. The van der Waals surface area contributed by atoms with E-state index in [1.807, 2.05) is 32.0 Å². The lowest BCUT2D eigenvalue weighted by Gasteiger charge is -2.15. The van der Waals surface area contributed by atoms with E-state index in [4.69, 9.17) is 12.2 Å². The van der Waals surface area contributed by atoms with E-state index in [2.05, 4.69) is 10.1 Å². The highest BCUT2D eigenvalue weighted by molar-refractivity contribution is 7.80. The van der Waals surface area contributed by atoms with E-state index in [9.17, 15) is 9.59 Å². The fourth-order valence-electron chi connectivity index (χ4n) is 2.63. The molecule has 5 nitrogen and oxygen atoms in total. The maximum Gasteiger partial charge on any atom is 0.337 e. The molecule has 1 saturated heterocycles. The number of carbonyl (C=O) groups excluding carboxylic acids is 2. The number of nitrogens with one attached hydrogen (secondary N) is 1. The zero-order valence-electron chi connectivity index (χ0n) is 14.7. The molecule has 3 rings (SSSR count). The van der Waals surface area contributed by atoms with Crippen LogP contribution in [0.2, 0.25) is 0 Å². The van der Waals surface area contributed by atoms with Crippen molar-refractivity contribution in [3.8, 4) is 0 Å². The van der Waals surface area contributed by atoms with Gasteiger partial charge in [-0.1, -0.05) is 18.2 Å². The Morgan fingerprint density at radius 3 is 2.42 bits per heavy atom. The third-order valence-corrected chi connectivity index (χ3v) is 4.55. The third kappa shape index (κ3) is 3.36. The fourth-order valence-corrected chi connectivity index (χ4v) is 2.93. The molecular formula is C20H18N2O3S. The molecule has 1 aliphatic heterocycles. The molecule has 0 bridgehead atoms. The summed E-state index contributed by atoms with van der Waals surface area (Å²) in [6.07, 6.45) is 1.71. The SMILES string of the molecule is COC(=O)c1ccc(C=C2NC(=S)N(c3ccc(C)c(C)c3)C2=O)cc1. The zero-order chi connectivity index (χ0) is 18.8. The van der Waals surface area contributed by atoms with Crippen LogP contribution in [0.5, 0.6) is 0 Å². The van der Waals surface area contributed by atoms with Crippen molar-refractivity contribution >= 4 is 41.0 Å². The molecule has 0 spiro atoms. The number of anilines is 1. The molecule has 0 radical (unpaired) electrons. The van der Waals surface area contributed by atoms with Gasteiger partial charge in [-0.25, -0.2) is 4.79 Å². The summed E-state index contributed by atoms with van der Waals surface area (Å²) in [7, 11) is 1.33. The minimum atomic E-state index is -0.402. The molecule has 1 N–H and O–H groups in total. The summed E-state index contributed by atoms with van der Waals surface area (Å²) >= 11 is 5.33. The molecule has 0 saturated carbocycles. The standard InChI is InChI=1S/C20H18N2O3S/c1-12-4-9-16(10-13(12)2)22-18(23)17(21-20(22)26)11-14-5-7-15(8-6-14)19(24)25-3/h4-11H,1-3H3,(H,21,26). The first-order valence-corrected chi connectivity index (χ1v) is 8.44. The Labute approximate surface area is 157 Å². The summed E-state index contributed by atoms with van der Waals surface area (Å²) in [4.78, 5) is 25.7. The number of benzene rings is 2. The lowest BCUT2D eigenvalue weighted by Crippen LogP contribution is -2.30. The number of hydrogen-bond acceptors (Lipinski definition) is 4. The summed E-state index contributed by atoms with van der Waals surface area (Å²) in [5.74, 6) is -0.614. The number of amides is 1. The molecular weight excluding hydrogens is 348 g/mol. The van der Waals surface area contributed by atoms with E-state index in [1.54, 1.807) is 30.3 Å². The molecule has 2 aromatic rings. The summed E-state index contributed by atoms with van der Waals surface area (Å²) in [5, 5.41) is 3.30. The van der Waals surface area contributed by atoms with Gasteiger partial charge in [-0.15, -0.1) is 0 Å². The highest BCUT2D eigenvalue weighted by Crippen LogP contribution is 2.24. The van der Waals surface area contributed by atoms with Crippen molar-refractivity contribution in [2.75, 3.05) is 12.0 Å². The number of esters is 1. The van der Waals surface area contributed by atoms with Crippen LogP contribution in [-0.2, 0) is 9.53 Å². The molecule has 6 heteroatoms. The molecule has 0 unspecified atom stereocenters. The average molecular weight is 366 g/mol. The Bertz CT molecular complexity index is 933.